The van der Waals surface area contributed by atoms with Gasteiger partial charge in [-0.2, -0.15) is 9.97 Å². The molecule has 2 unspecified atom stereocenters. The van der Waals surface area contributed by atoms with Crippen molar-refractivity contribution in [2.45, 2.75) is 24.2 Å². The van der Waals surface area contributed by atoms with Gasteiger partial charge < -0.3 is 4.57 Å². The molecular weight excluding hydrogens is 791 g/mol. The summed E-state index contributed by atoms with van der Waals surface area (Å²) in [6.45, 7) is 0. The molecule has 3 aromatic heterocycles. The zero-order chi connectivity index (χ0) is 42.9. The highest BCUT2D eigenvalue weighted by Gasteiger charge is 2.48. The Morgan fingerprint density at radius 2 is 1.25 bits per heavy atom. The van der Waals surface area contributed by atoms with Crippen LogP contribution in [0.3, 0.4) is 0 Å². The van der Waals surface area contributed by atoms with Crippen LogP contribution in [0.25, 0.3) is 61.8 Å². The third kappa shape index (κ3) is 5.82. The van der Waals surface area contributed by atoms with E-state index in [0.717, 1.165) is 45.6 Å². The van der Waals surface area contributed by atoms with E-state index in [1.165, 1.54) is 49.7 Å². The Morgan fingerprint density at radius 1 is 0.569 bits per heavy atom. The van der Waals surface area contributed by atoms with E-state index in [-0.39, 0.29) is 11.8 Å². The van der Waals surface area contributed by atoms with Crippen LogP contribution in [0.2, 0.25) is 0 Å². The van der Waals surface area contributed by atoms with Crippen LogP contribution >= 0.6 is 0 Å². The fourth-order valence-corrected chi connectivity index (χ4v) is 11.1. The molecule has 6 aromatic carbocycles. The third-order valence-electron chi connectivity index (χ3n) is 13.9. The van der Waals surface area contributed by atoms with E-state index < -0.39 is 5.41 Å². The quantitative estimate of drug-likeness (QED) is 0.168. The maximum Gasteiger partial charge on any atom is 0.238 e. The first-order valence-corrected chi connectivity index (χ1v) is 22.7. The average Bonchev–Trinajstić information content (AvgIpc) is 3.63. The number of hydrogen-bond acceptors (Lipinski definition) is 3. The van der Waals surface area contributed by atoms with Gasteiger partial charge in [-0.25, -0.2) is 4.98 Å². The van der Waals surface area contributed by atoms with Gasteiger partial charge in [0.15, 0.2) is 5.82 Å². The second-order valence-corrected chi connectivity index (χ2v) is 17.4. The number of para-hydroxylation sites is 2. The lowest BCUT2D eigenvalue weighted by Crippen LogP contribution is -2.40. The van der Waals surface area contributed by atoms with E-state index in [0.29, 0.717) is 18.2 Å². The van der Waals surface area contributed by atoms with Gasteiger partial charge >= 0.3 is 0 Å². The first-order chi connectivity index (χ1) is 32.2. The first kappa shape index (κ1) is 37.4. The number of aromatic nitrogens is 5. The molecule has 0 amide bonds. The highest BCUT2D eigenvalue weighted by atomic mass is 15.2. The second kappa shape index (κ2) is 15.0. The van der Waals surface area contributed by atoms with Crippen LogP contribution in [-0.4, -0.2) is 24.1 Å². The molecule has 13 rings (SSSR count). The average molecular weight is 834 g/mol. The normalized spacial score (nSPS) is 18.2. The number of hydrogen-bond donors (Lipinski definition) is 0. The zero-order valence-electron chi connectivity index (χ0n) is 35.7. The summed E-state index contributed by atoms with van der Waals surface area (Å²) in [4.78, 5) is 16.1. The van der Waals surface area contributed by atoms with Crippen molar-refractivity contribution < 1.29 is 0 Å². The molecule has 0 saturated heterocycles. The van der Waals surface area contributed by atoms with Crippen LogP contribution in [0, 0.1) is 5.92 Å². The summed E-state index contributed by atoms with van der Waals surface area (Å²) in [5.74, 6) is 2.15. The Kier molecular flexibility index (Phi) is 8.63. The Hall–Kier alpha value is -8.15. The predicted octanol–water partition coefficient (Wildman–Crippen LogP) is 13.7. The number of fused-ring (bicyclic) bond motifs is 9. The molecule has 0 N–H and O–H groups in total. The van der Waals surface area contributed by atoms with Crippen molar-refractivity contribution in [3.63, 3.8) is 0 Å². The van der Waals surface area contributed by atoms with E-state index in [2.05, 4.69) is 228 Å². The Morgan fingerprint density at radius 3 is 2.00 bits per heavy atom. The minimum absolute atomic E-state index is 0.0275. The topological polar surface area (TPSA) is 48.5 Å². The molecule has 2 bridgehead atoms. The molecule has 0 fully saturated rings. The minimum atomic E-state index is -0.527. The number of nitrogens with zero attached hydrogens (tertiary/aromatic N) is 5. The number of benzene rings is 6. The highest BCUT2D eigenvalue weighted by molar-refractivity contribution is 6.15. The molecule has 5 nitrogen and oxygen atoms in total. The van der Waals surface area contributed by atoms with Crippen molar-refractivity contribution in [1.82, 2.24) is 24.1 Å². The Balaban J connectivity index is 1.18. The lowest BCUT2D eigenvalue weighted by atomic mass is 9.56. The minimum Gasteiger partial charge on any atom is -0.309 e. The highest BCUT2D eigenvalue weighted by Crippen LogP contribution is 2.56. The van der Waals surface area contributed by atoms with Crippen LogP contribution < -0.4 is 0 Å². The predicted molar refractivity (Wildman–Crippen MR) is 265 cm³/mol. The Bertz CT molecular complexity index is 3540. The smallest absolute Gasteiger partial charge is 0.238 e. The van der Waals surface area contributed by atoms with Gasteiger partial charge in [0, 0.05) is 56.9 Å². The summed E-state index contributed by atoms with van der Waals surface area (Å²) in [5.41, 5.74) is 13.6. The summed E-state index contributed by atoms with van der Waals surface area (Å²) in [6.07, 6.45) is 26.7. The van der Waals surface area contributed by atoms with Crippen molar-refractivity contribution >= 4 is 38.8 Å². The molecule has 0 spiro atoms. The van der Waals surface area contributed by atoms with Crippen molar-refractivity contribution in [3.8, 4) is 23.0 Å². The van der Waals surface area contributed by atoms with Crippen molar-refractivity contribution in [1.29, 1.82) is 0 Å². The molecule has 2 atom stereocenters. The maximum absolute atomic E-state index is 5.47. The summed E-state index contributed by atoms with van der Waals surface area (Å²) in [7, 11) is 0. The van der Waals surface area contributed by atoms with E-state index in [9.17, 15) is 0 Å². The molecule has 65 heavy (non-hydrogen) atoms. The van der Waals surface area contributed by atoms with Gasteiger partial charge in [-0.3, -0.25) is 4.57 Å². The molecule has 308 valence electrons. The van der Waals surface area contributed by atoms with E-state index in [4.69, 9.17) is 15.0 Å². The van der Waals surface area contributed by atoms with E-state index in [1.807, 2.05) is 6.07 Å². The molecule has 3 heterocycles. The van der Waals surface area contributed by atoms with Crippen LogP contribution in [0.1, 0.15) is 40.5 Å². The molecule has 0 saturated carbocycles. The van der Waals surface area contributed by atoms with E-state index >= 15 is 0 Å². The van der Waals surface area contributed by atoms with Crippen LogP contribution in [0.5, 0.6) is 0 Å². The largest absolute Gasteiger partial charge is 0.309 e. The van der Waals surface area contributed by atoms with Gasteiger partial charge in [-0.1, -0.05) is 188 Å². The summed E-state index contributed by atoms with van der Waals surface area (Å²) >= 11 is 0. The second-order valence-electron chi connectivity index (χ2n) is 17.4. The van der Waals surface area contributed by atoms with E-state index in [1.54, 1.807) is 0 Å². The number of rotatable bonds is 6. The van der Waals surface area contributed by atoms with Crippen LogP contribution in [0.4, 0.5) is 0 Å². The fraction of sp³-hybridized carbons (Fsp3) is 0.0833. The lowest BCUT2D eigenvalue weighted by molar-refractivity contribution is 0.510. The fourth-order valence-electron chi connectivity index (χ4n) is 11.1. The SMILES string of the molecule is C1=CCC(c2nc(-c3ccccc3)nc(-n3c4c(c5cc6c(cc53)c3ccccc3n6-c3ccccc3)C=C3C(=CC4)C4=CC(C=CC=C4)C3(c3ccccc3)c3ccccc3)n2)C=C1. The molecule has 0 aliphatic heterocycles. The van der Waals surface area contributed by atoms with Gasteiger partial charge in [0.25, 0.3) is 0 Å². The molecular formula is C60H43N5. The summed E-state index contributed by atoms with van der Waals surface area (Å²) in [6, 6.07) is 57.0. The lowest BCUT2D eigenvalue weighted by Gasteiger charge is -2.46. The van der Waals surface area contributed by atoms with Gasteiger partial charge in [-0.05, 0) is 70.7 Å². The molecule has 4 aliphatic carbocycles. The van der Waals surface area contributed by atoms with Crippen molar-refractivity contribution in [3.05, 3.63) is 263 Å². The summed E-state index contributed by atoms with van der Waals surface area (Å²) in [5, 5.41) is 3.54. The standard InChI is InChI=1S/C60H43N5/c1-6-20-40(21-7-1)57-61-58(41-22-8-2-9-23-41)63-59(62-57)65-54-35-34-47-42-24-16-17-29-45(36-42)60(43-25-10-3-11-26-43,44-27-12-4-13-28-44)52(47)37-49(54)51-39-55-50(38-56(51)65)48-32-18-19-33-53(48)64(55)46-30-14-5-15-31-46/h1-22,24-34,36-39,41,45H,23,35H2. The zero-order valence-corrected chi connectivity index (χ0v) is 35.7. The molecule has 0 radical (unpaired) electrons. The first-order valence-electron chi connectivity index (χ1n) is 22.7. The van der Waals surface area contributed by atoms with Gasteiger partial charge in [0.2, 0.25) is 5.95 Å². The maximum atomic E-state index is 5.47. The van der Waals surface area contributed by atoms with Crippen LogP contribution in [-0.2, 0) is 11.8 Å². The van der Waals surface area contributed by atoms with Crippen LogP contribution in [0.15, 0.2) is 235 Å². The summed E-state index contributed by atoms with van der Waals surface area (Å²) < 4.78 is 4.78. The molecule has 9 aromatic rings. The Labute approximate surface area is 377 Å². The molecule has 4 aliphatic rings. The van der Waals surface area contributed by atoms with Crippen molar-refractivity contribution in [2.24, 2.45) is 5.92 Å². The van der Waals surface area contributed by atoms with Gasteiger partial charge in [0.05, 0.1) is 22.0 Å². The van der Waals surface area contributed by atoms with Gasteiger partial charge in [-0.15, -0.1) is 0 Å². The van der Waals surface area contributed by atoms with Gasteiger partial charge in [0.1, 0.15) is 5.82 Å². The number of allylic oxidation sites excluding steroid dienone is 13. The monoisotopic (exact) mass is 833 g/mol. The third-order valence-corrected chi connectivity index (χ3v) is 13.9. The van der Waals surface area contributed by atoms with Crippen molar-refractivity contribution in [2.75, 3.05) is 0 Å². The molecule has 5 heteroatoms.